The molecule has 6 heteroatoms. The summed E-state index contributed by atoms with van der Waals surface area (Å²) in [5, 5.41) is 0. The highest BCUT2D eigenvalue weighted by Gasteiger charge is 2.39. The number of halogens is 1. The third-order valence-electron chi connectivity index (χ3n) is 5.02. The summed E-state index contributed by atoms with van der Waals surface area (Å²) < 4.78 is 28.1. The zero-order valence-corrected chi connectivity index (χ0v) is 14.1. The maximum Gasteiger partial charge on any atom is 0.281 e. The Balaban J connectivity index is 1.92. The van der Waals surface area contributed by atoms with E-state index in [1.54, 1.807) is 11.4 Å². The Morgan fingerprint density at radius 1 is 1.10 bits per heavy atom. The van der Waals surface area contributed by atoms with Crippen LogP contribution < -0.4 is 0 Å². The van der Waals surface area contributed by atoms with Crippen molar-refractivity contribution in [2.45, 2.75) is 51.4 Å². The highest BCUT2D eigenvalue weighted by molar-refractivity contribution is 7.86. The number of piperidine rings is 1. The van der Waals surface area contributed by atoms with Gasteiger partial charge in [-0.05, 0) is 37.5 Å². The molecule has 0 aromatic heterocycles. The first kappa shape index (κ1) is 16.5. The van der Waals surface area contributed by atoms with Crippen molar-refractivity contribution in [3.8, 4) is 0 Å². The fourth-order valence-electron chi connectivity index (χ4n) is 3.59. The lowest BCUT2D eigenvalue weighted by Crippen LogP contribution is -2.48. The first-order valence-electron chi connectivity index (χ1n) is 7.78. The van der Waals surface area contributed by atoms with Crippen LogP contribution in [-0.4, -0.2) is 49.6 Å². The Hall–Kier alpha value is 0.160. The lowest BCUT2D eigenvalue weighted by molar-refractivity contribution is 0.0999. The topological polar surface area (TPSA) is 40.6 Å². The summed E-state index contributed by atoms with van der Waals surface area (Å²) in [6.07, 6.45) is 9.36. The van der Waals surface area contributed by atoms with E-state index in [0.717, 1.165) is 12.8 Å². The smallest absolute Gasteiger partial charge is 0.195 e. The van der Waals surface area contributed by atoms with Gasteiger partial charge >= 0.3 is 0 Å². The maximum atomic E-state index is 12.5. The van der Waals surface area contributed by atoms with Gasteiger partial charge in [-0.2, -0.15) is 17.0 Å². The maximum absolute atomic E-state index is 12.5. The van der Waals surface area contributed by atoms with Gasteiger partial charge in [-0.3, -0.25) is 0 Å². The predicted octanol–water partition coefficient (Wildman–Crippen LogP) is 2.84. The molecule has 2 aliphatic rings. The standard InChI is InChI=1S/C14H27ClN2O2S/c1-16(11-5-10-15)20(18,19)17-12-8-14(9-13-17)6-3-2-4-7-14/h2-13H2,1H3. The van der Waals surface area contributed by atoms with E-state index in [0.29, 0.717) is 37.4 Å². The summed E-state index contributed by atoms with van der Waals surface area (Å²) in [5.41, 5.74) is 0.443. The lowest BCUT2D eigenvalue weighted by atomic mass is 9.68. The van der Waals surface area contributed by atoms with Crippen molar-refractivity contribution < 1.29 is 8.42 Å². The van der Waals surface area contributed by atoms with Crippen LogP contribution in [0, 0.1) is 5.41 Å². The molecule has 20 heavy (non-hydrogen) atoms. The van der Waals surface area contributed by atoms with E-state index in [9.17, 15) is 8.42 Å². The fraction of sp³-hybridized carbons (Fsp3) is 1.00. The van der Waals surface area contributed by atoms with Gasteiger partial charge in [-0.15, -0.1) is 11.6 Å². The van der Waals surface area contributed by atoms with E-state index in [1.165, 1.54) is 36.4 Å². The van der Waals surface area contributed by atoms with Gasteiger partial charge in [0.05, 0.1) is 0 Å². The van der Waals surface area contributed by atoms with Crippen molar-refractivity contribution in [3.05, 3.63) is 0 Å². The van der Waals surface area contributed by atoms with Crippen molar-refractivity contribution in [2.24, 2.45) is 5.41 Å². The van der Waals surface area contributed by atoms with Gasteiger partial charge in [-0.25, -0.2) is 0 Å². The quantitative estimate of drug-likeness (QED) is 0.730. The molecule has 118 valence electrons. The summed E-state index contributed by atoms with van der Waals surface area (Å²) in [6.45, 7) is 1.88. The van der Waals surface area contributed by atoms with Crippen LogP contribution in [0.2, 0.25) is 0 Å². The van der Waals surface area contributed by atoms with Gasteiger partial charge in [-0.1, -0.05) is 19.3 Å². The molecule has 0 radical (unpaired) electrons. The fourth-order valence-corrected chi connectivity index (χ4v) is 5.11. The van der Waals surface area contributed by atoms with Gasteiger partial charge in [0.15, 0.2) is 0 Å². The molecule has 0 aromatic carbocycles. The summed E-state index contributed by atoms with van der Waals surface area (Å²) in [4.78, 5) is 0. The van der Waals surface area contributed by atoms with Crippen molar-refractivity contribution in [2.75, 3.05) is 32.6 Å². The third kappa shape index (κ3) is 3.67. The van der Waals surface area contributed by atoms with Crippen molar-refractivity contribution in [1.82, 2.24) is 8.61 Å². The Bertz CT molecular complexity index is 397. The molecule has 2 rings (SSSR count). The third-order valence-corrected chi connectivity index (χ3v) is 7.28. The second-order valence-corrected chi connectivity index (χ2v) is 8.74. The zero-order chi connectivity index (χ0) is 14.6. The molecule has 1 saturated carbocycles. The van der Waals surface area contributed by atoms with Gasteiger partial charge in [0.25, 0.3) is 10.2 Å². The predicted molar refractivity (Wildman–Crippen MR) is 83.2 cm³/mol. The molecular formula is C14H27ClN2O2S. The van der Waals surface area contributed by atoms with Gasteiger partial charge < -0.3 is 0 Å². The molecule has 0 atom stereocenters. The van der Waals surface area contributed by atoms with Gasteiger partial charge in [0, 0.05) is 32.6 Å². The number of rotatable bonds is 5. The highest BCUT2D eigenvalue weighted by atomic mass is 35.5. The number of nitrogens with zero attached hydrogens (tertiary/aromatic N) is 2. The molecular weight excluding hydrogens is 296 g/mol. The van der Waals surface area contributed by atoms with E-state index in [-0.39, 0.29) is 0 Å². The van der Waals surface area contributed by atoms with Gasteiger partial charge in [0.1, 0.15) is 0 Å². The molecule has 1 heterocycles. The largest absolute Gasteiger partial charge is 0.281 e. The normalized spacial score (nSPS) is 24.4. The van der Waals surface area contributed by atoms with Crippen LogP contribution in [0.25, 0.3) is 0 Å². The molecule has 0 bridgehead atoms. The average Bonchev–Trinajstić information content (AvgIpc) is 2.46. The van der Waals surface area contributed by atoms with E-state index in [4.69, 9.17) is 11.6 Å². The second kappa shape index (κ2) is 6.95. The molecule has 0 N–H and O–H groups in total. The molecule has 0 aromatic rings. The summed E-state index contributed by atoms with van der Waals surface area (Å²) in [7, 11) is -1.62. The molecule has 1 spiro atoms. The first-order chi connectivity index (χ1) is 9.50. The Kier molecular flexibility index (Phi) is 5.74. The summed E-state index contributed by atoms with van der Waals surface area (Å²) in [6, 6.07) is 0. The molecule has 0 amide bonds. The minimum absolute atomic E-state index is 0.443. The van der Waals surface area contributed by atoms with Crippen LogP contribution in [0.5, 0.6) is 0 Å². The van der Waals surface area contributed by atoms with Crippen molar-refractivity contribution in [3.63, 3.8) is 0 Å². The molecule has 1 aliphatic carbocycles. The number of hydrogen-bond donors (Lipinski definition) is 0. The summed E-state index contributed by atoms with van der Waals surface area (Å²) in [5.74, 6) is 0.503. The second-order valence-electron chi connectivity index (χ2n) is 6.33. The molecule has 2 fully saturated rings. The van der Waals surface area contributed by atoms with Crippen molar-refractivity contribution >= 4 is 21.8 Å². The van der Waals surface area contributed by atoms with Crippen LogP contribution in [0.1, 0.15) is 51.4 Å². The summed E-state index contributed by atoms with van der Waals surface area (Å²) >= 11 is 5.64. The van der Waals surface area contributed by atoms with Crippen LogP contribution in [0.4, 0.5) is 0 Å². The molecule has 1 saturated heterocycles. The lowest BCUT2D eigenvalue weighted by Gasteiger charge is -2.44. The van der Waals surface area contributed by atoms with Crippen LogP contribution >= 0.6 is 11.6 Å². The zero-order valence-electron chi connectivity index (χ0n) is 12.5. The SMILES string of the molecule is CN(CCCCl)S(=O)(=O)N1CCC2(CCCCC2)CC1. The van der Waals surface area contributed by atoms with E-state index >= 15 is 0 Å². The minimum atomic E-state index is -3.28. The van der Waals surface area contributed by atoms with Crippen LogP contribution in [-0.2, 0) is 10.2 Å². The van der Waals surface area contributed by atoms with E-state index < -0.39 is 10.2 Å². The van der Waals surface area contributed by atoms with E-state index in [2.05, 4.69) is 0 Å². The number of alkyl halides is 1. The molecule has 1 aliphatic heterocycles. The van der Waals surface area contributed by atoms with Crippen molar-refractivity contribution in [1.29, 1.82) is 0 Å². The Morgan fingerprint density at radius 2 is 1.70 bits per heavy atom. The minimum Gasteiger partial charge on any atom is -0.195 e. The highest BCUT2D eigenvalue weighted by Crippen LogP contribution is 2.44. The van der Waals surface area contributed by atoms with Crippen LogP contribution in [0.15, 0.2) is 0 Å². The average molecular weight is 323 g/mol. The van der Waals surface area contributed by atoms with Gasteiger partial charge in [0.2, 0.25) is 0 Å². The molecule has 0 unspecified atom stereocenters. The monoisotopic (exact) mass is 322 g/mol. The van der Waals surface area contributed by atoms with Crippen LogP contribution in [0.3, 0.4) is 0 Å². The molecule has 4 nitrogen and oxygen atoms in total. The Labute approximate surface area is 128 Å². The number of hydrogen-bond acceptors (Lipinski definition) is 2. The Morgan fingerprint density at radius 3 is 2.25 bits per heavy atom. The van der Waals surface area contributed by atoms with E-state index in [1.807, 2.05) is 0 Å². The first-order valence-corrected chi connectivity index (χ1v) is 9.71.